The second-order valence-electron chi connectivity index (χ2n) is 5.18. The van der Waals surface area contributed by atoms with Crippen LogP contribution in [0.2, 0.25) is 0 Å². The third kappa shape index (κ3) is 3.06. The van der Waals surface area contributed by atoms with Gasteiger partial charge in [-0.25, -0.2) is 9.78 Å². The molecule has 0 atom stereocenters. The minimum Gasteiger partial charge on any atom is -0.496 e. The summed E-state index contributed by atoms with van der Waals surface area (Å²) in [4.78, 5) is 17.8. The fraction of sp³-hybridized carbons (Fsp3) is 0.375. The Morgan fingerprint density at radius 1 is 1.45 bits per heavy atom. The zero-order chi connectivity index (χ0) is 15.5. The lowest BCUT2D eigenvalue weighted by Gasteiger charge is -2.10. The zero-order valence-corrected chi connectivity index (χ0v) is 13.5. The normalized spacial score (nSPS) is 14.3. The van der Waals surface area contributed by atoms with E-state index < -0.39 is 0 Å². The highest BCUT2D eigenvalue weighted by molar-refractivity contribution is 7.09. The Bertz CT molecular complexity index is 684. The van der Waals surface area contributed by atoms with Gasteiger partial charge in [-0.05, 0) is 19.1 Å². The number of carbonyl (C=O) groups excluding carboxylic acids is 1. The molecule has 0 spiro atoms. The van der Waals surface area contributed by atoms with Gasteiger partial charge in [0, 0.05) is 23.9 Å². The van der Waals surface area contributed by atoms with Crippen molar-refractivity contribution in [3.05, 3.63) is 34.2 Å². The summed E-state index contributed by atoms with van der Waals surface area (Å²) in [6.45, 7) is 3.86. The zero-order valence-electron chi connectivity index (χ0n) is 12.7. The predicted molar refractivity (Wildman–Crippen MR) is 85.5 cm³/mol. The van der Waals surface area contributed by atoms with Gasteiger partial charge in [-0.2, -0.15) is 0 Å². The van der Waals surface area contributed by atoms with Gasteiger partial charge in [0.25, 0.3) is 0 Å². The third-order valence-corrected chi connectivity index (χ3v) is 4.53. The predicted octanol–water partition coefficient (Wildman–Crippen LogP) is 3.12. The number of hydrogen-bond donors (Lipinski definition) is 0. The molecule has 0 saturated carbocycles. The number of aromatic nitrogens is 1. The quantitative estimate of drug-likeness (QED) is 0.850. The van der Waals surface area contributed by atoms with Crippen LogP contribution in [0, 0.1) is 6.92 Å². The van der Waals surface area contributed by atoms with E-state index in [0.717, 1.165) is 28.4 Å². The average Bonchev–Trinajstić information content (AvgIpc) is 3.14. The summed E-state index contributed by atoms with van der Waals surface area (Å²) in [5.41, 5.74) is 3.10. The highest BCUT2D eigenvalue weighted by Crippen LogP contribution is 2.31. The SMILES string of the molecule is COc1ccc(C)cc1-c1csc(CCN2CCOC2=O)n1. The van der Waals surface area contributed by atoms with Crippen molar-refractivity contribution >= 4 is 17.4 Å². The number of thiazole rings is 1. The maximum absolute atomic E-state index is 11.4. The maximum atomic E-state index is 11.4. The molecule has 1 aliphatic heterocycles. The minimum atomic E-state index is -0.225. The summed E-state index contributed by atoms with van der Waals surface area (Å²) >= 11 is 1.61. The average molecular weight is 318 g/mol. The van der Waals surface area contributed by atoms with E-state index >= 15 is 0 Å². The Balaban J connectivity index is 1.73. The molecule has 0 aliphatic carbocycles. The molecule has 1 aromatic heterocycles. The topological polar surface area (TPSA) is 51.7 Å². The molecule has 3 rings (SSSR count). The smallest absolute Gasteiger partial charge is 0.409 e. The number of rotatable bonds is 5. The van der Waals surface area contributed by atoms with Gasteiger partial charge in [-0.1, -0.05) is 11.6 Å². The van der Waals surface area contributed by atoms with Crippen molar-refractivity contribution in [2.45, 2.75) is 13.3 Å². The minimum absolute atomic E-state index is 0.225. The van der Waals surface area contributed by atoms with Crippen LogP contribution in [0.25, 0.3) is 11.3 Å². The van der Waals surface area contributed by atoms with E-state index in [9.17, 15) is 4.79 Å². The molecule has 0 N–H and O–H groups in total. The maximum Gasteiger partial charge on any atom is 0.409 e. The molecule has 0 radical (unpaired) electrons. The van der Waals surface area contributed by atoms with Crippen molar-refractivity contribution < 1.29 is 14.3 Å². The molecule has 1 saturated heterocycles. The molecular formula is C16H18N2O3S. The molecule has 0 unspecified atom stereocenters. The number of ether oxygens (including phenoxy) is 2. The largest absolute Gasteiger partial charge is 0.496 e. The number of nitrogens with zero attached hydrogens (tertiary/aromatic N) is 2. The van der Waals surface area contributed by atoms with Crippen LogP contribution in [0.3, 0.4) is 0 Å². The van der Waals surface area contributed by atoms with Gasteiger partial charge >= 0.3 is 6.09 Å². The van der Waals surface area contributed by atoms with Gasteiger partial charge in [0.05, 0.1) is 24.4 Å². The summed E-state index contributed by atoms with van der Waals surface area (Å²) in [6, 6.07) is 6.06. The van der Waals surface area contributed by atoms with Crippen LogP contribution in [0.5, 0.6) is 5.75 Å². The van der Waals surface area contributed by atoms with E-state index in [-0.39, 0.29) is 6.09 Å². The van der Waals surface area contributed by atoms with E-state index in [1.807, 2.05) is 17.5 Å². The lowest BCUT2D eigenvalue weighted by Crippen LogP contribution is -2.26. The number of aryl methyl sites for hydroxylation is 1. The number of cyclic esters (lactones) is 1. The van der Waals surface area contributed by atoms with Crippen molar-refractivity contribution in [3.63, 3.8) is 0 Å². The molecule has 0 bridgehead atoms. The highest BCUT2D eigenvalue weighted by atomic mass is 32.1. The molecule has 22 heavy (non-hydrogen) atoms. The lowest BCUT2D eigenvalue weighted by molar-refractivity contribution is 0.159. The fourth-order valence-corrected chi connectivity index (χ4v) is 3.22. The summed E-state index contributed by atoms with van der Waals surface area (Å²) < 4.78 is 10.3. The Morgan fingerprint density at radius 3 is 3.05 bits per heavy atom. The second-order valence-corrected chi connectivity index (χ2v) is 6.12. The summed E-state index contributed by atoms with van der Waals surface area (Å²) in [7, 11) is 1.67. The van der Waals surface area contributed by atoms with E-state index in [4.69, 9.17) is 9.47 Å². The molecular weight excluding hydrogens is 300 g/mol. The first-order valence-corrected chi connectivity index (χ1v) is 8.06. The summed E-state index contributed by atoms with van der Waals surface area (Å²) in [6.07, 6.45) is 0.519. The van der Waals surface area contributed by atoms with Crippen LogP contribution in [0.4, 0.5) is 4.79 Å². The van der Waals surface area contributed by atoms with Crippen molar-refractivity contribution in [2.75, 3.05) is 26.8 Å². The monoisotopic (exact) mass is 318 g/mol. The van der Waals surface area contributed by atoms with E-state index in [2.05, 4.69) is 18.0 Å². The van der Waals surface area contributed by atoms with Crippen molar-refractivity contribution in [1.82, 2.24) is 9.88 Å². The molecule has 1 fully saturated rings. The molecule has 6 heteroatoms. The third-order valence-electron chi connectivity index (χ3n) is 3.62. The number of amides is 1. The fourth-order valence-electron chi connectivity index (χ4n) is 2.43. The molecule has 1 aromatic carbocycles. The first-order chi connectivity index (χ1) is 10.7. The Kier molecular flexibility index (Phi) is 4.29. The van der Waals surface area contributed by atoms with E-state index in [1.54, 1.807) is 23.3 Å². The van der Waals surface area contributed by atoms with Gasteiger partial charge < -0.3 is 14.4 Å². The number of carbonyl (C=O) groups is 1. The summed E-state index contributed by atoms with van der Waals surface area (Å²) in [5, 5.41) is 3.05. The number of benzene rings is 1. The molecule has 2 aromatic rings. The van der Waals surface area contributed by atoms with Crippen LogP contribution in [0.1, 0.15) is 10.6 Å². The molecule has 1 amide bonds. The Morgan fingerprint density at radius 2 is 2.32 bits per heavy atom. The van der Waals surface area contributed by atoms with Crippen molar-refractivity contribution in [3.8, 4) is 17.0 Å². The van der Waals surface area contributed by atoms with Gasteiger partial charge in [0.1, 0.15) is 12.4 Å². The molecule has 1 aliphatic rings. The number of hydrogen-bond acceptors (Lipinski definition) is 5. The number of methoxy groups -OCH3 is 1. The summed E-state index contributed by atoms with van der Waals surface area (Å²) in [5.74, 6) is 0.825. The van der Waals surface area contributed by atoms with E-state index in [1.165, 1.54) is 5.56 Å². The van der Waals surface area contributed by atoms with Gasteiger partial charge in [0.15, 0.2) is 0 Å². The van der Waals surface area contributed by atoms with Gasteiger partial charge in [-0.3, -0.25) is 0 Å². The van der Waals surface area contributed by atoms with Crippen LogP contribution >= 0.6 is 11.3 Å². The highest BCUT2D eigenvalue weighted by Gasteiger charge is 2.21. The van der Waals surface area contributed by atoms with E-state index in [0.29, 0.717) is 19.7 Å². The molecule has 116 valence electrons. The Labute approximate surface area is 133 Å². The molecule has 2 heterocycles. The van der Waals surface area contributed by atoms with Crippen LogP contribution < -0.4 is 4.74 Å². The first-order valence-electron chi connectivity index (χ1n) is 7.18. The van der Waals surface area contributed by atoms with Crippen LogP contribution in [-0.4, -0.2) is 42.8 Å². The standard InChI is InChI=1S/C16H18N2O3S/c1-11-3-4-14(20-2)12(9-11)13-10-22-15(17-13)5-6-18-7-8-21-16(18)19/h3-4,9-10H,5-8H2,1-2H3. The van der Waals surface area contributed by atoms with Crippen LogP contribution in [-0.2, 0) is 11.2 Å². The van der Waals surface area contributed by atoms with Gasteiger partial charge in [-0.15, -0.1) is 11.3 Å². The van der Waals surface area contributed by atoms with Crippen molar-refractivity contribution in [2.24, 2.45) is 0 Å². The van der Waals surface area contributed by atoms with Gasteiger partial charge in [0.2, 0.25) is 0 Å². The van der Waals surface area contributed by atoms with Crippen molar-refractivity contribution in [1.29, 1.82) is 0 Å². The molecule has 5 nitrogen and oxygen atoms in total. The van der Waals surface area contributed by atoms with Crippen LogP contribution in [0.15, 0.2) is 23.6 Å². The lowest BCUT2D eigenvalue weighted by atomic mass is 10.1. The second kappa shape index (κ2) is 6.36. The first kappa shape index (κ1) is 14.8. The Hall–Kier alpha value is -2.08.